The highest BCUT2D eigenvalue weighted by Crippen LogP contribution is 2.42. The predicted molar refractivity (Wildman–Crippen MR) is 131 cm³/mol. The zero-order valence-corrected chi connectivity index (χ0v) is 20.7. The third-order valence-electron chi connectivity index (χ3n) is 6.76. The molecule has 0 bridgehead atoms. The number of ether oxygens (including phenoxy) is 3. The van der Waals surface area contributed by atoms with Crippen molar-refractivity contribution in [3.63, 3.8) is 0 Å². The maximum atomic E-state index is 13.0. The van der Waals surface area contributed by atoms with Gasteiger partial charge in [0.2, 0.25) is 0 Å². The fraction of sp³-hybridized carbons (Fsp3) is 0.400. The van der Waals surface area contributed by atoms with Gasteiger partial charge in [0.15, 0.2) is 0 Å². The fourth-order valence-corrected chi connectivity index (χ4v) is 5.12. The Morgan fingerprint density at radius 1 is 1.16 bits per heavy atom. The molecule has 0 aliphatic carbocycles. The van der Waals surface area contributed by atoms with Crippen LogP contribution in [0.5, 0.6) is 11.5 Å². The molecule has 1 spiro atoms. The molecule has 0 amide bonds. The van der Waals surface area contributed by atoms with Crippen LogP contribution in [0.15, 0.2) is 46.0 Å². The van der Waals surface area contributed by atoms with Gasteiger partial charge in [0.1, 0.15) is 29.8 Å². The van der Waals surface area contributed by atoms with Gasteiger partial charge in [-0.1, -0.05) is 17.7 Å². The Morgan fingerprint density at radius 2 is 1.92 bits per heavy atom. The van der Waals surface area contributed by atoms with Gasteiger partial charge in [-0.05, 0) is 35.9 Å². The number of rotatable bonds is 6. The van der Waals surface area contributed by atoms with Gasteiger partial charge in [0.25, 0.3) is 5.56 Å². The fourth-order valence-electron chi connectivity index (χ4n) is 4.92. The lowest BCUT2D eigenvalue weighted by molar-refractivity contribution is -0.206. The van der Waals surface area contributed by atoms with Gasteiger partial charge in [0, 0.05) is 43.9 Å². The maximum absolute atomic E-state index is 13.0. The average molecular weight is 554 g/mol. The number of halogens is 4. The van der Waals surface area contributed by atoms with E-state index >= 15 is 0 Å². The van der Waals surface area contributed by atoms with Crippen molar-refractivity contribution >= 4 is 28.5 Å². The van der Waals surface area contributed by atoms with Crippen LogP contribution in [-0.2, 0) is 16.0 Å². The topological polar surface area (TPSA) is 114 Å². The van der Waals surface area contributed by atoms with E-state index in [1.807, 2.05) is 17.0 Å². The second-order valence-corrected chi connectivity index (χ2v) is 9.87. The monoisotopic (exact) mass is 553 g/mol. The minimum atomic E-state index is -5.17. The van der Waals surface area contributed by atoms with Crippen molar-refractivity contribution in [1.82, 2.24) is 14.9 Å². The molecule has 202 valence electrons. The molecule has 1 aromatic heterocycles. The van der Waals surface area contributed by atoms with E-state index in [-0.39, 0.29) is 23.2 Å². The number of aromatic amines is 2. The quantitative estimate of drug-likeness (QED) is 0.451. The van der Waals surface area contributed by atoms with Gasteiger partial charge in [0.05, 0.1) is 10.9 Å². The molecule has 2 aliphatic rings. The summed E-state index contributed by atoms with van der Waals surface area (Å²) in [5.74, 6) is -1.49. The van der Waals surface area contributed by atoms with E-state index in [4.69, 9.17) is 25.8 Å². The molecule has 0 radical (unpaired) electrons. The summed E-state index contributed by atoms with van der Waals surface area (Å²) in [7, 11) is 0. The molecule has 1 fully saturated rings. The Hall–Kier alpha value is -3.51. The Balaban J connectivity index is 1.27. The van der Waals surface area contributed by atoms with E-state index in [1.54, 1.807) is 6.07 Å². The number of para-hydroxylation sites is 1. The number of H-pyrrole nitrogens is 2. The van der Waals surface area contributed by atoms with Gasteiger partial charge in [-0.25, -0.2) is 9.59 Å². The first kappa shape index (κ1) is 26.1. The first-order valence-electron chi connectivity index (χ1n) is 11.9. The standard InChI is InChI=1S/C25H23ClF3N3O6/c26-15-4-5-18-14(10-15)11-24(38-18)6-8-32(9-7-24)12-16(37-22(34)25(27,28)29)13-36-19-3-1-2-17-20(19)30-23(35)31-21(17)33/h1-5,10,16H,6-9,11-13H2,(H2,30,31,33,35)/t16-/m1/s1. The van der Waals surface area contributed by atoms with E-state index < -0.39 is 41.7 Å². The summed E-state index contributed by atoms with van der Waals surface area (Å²) < 4.78 is 55.6. The number of nitrogens with zero attached hydrogens (tertiary/aromatic N) is 1. The molecule has 13 heteroatoms. The van der Waals surface area contributed by atoms with Crippen LogP contribution >= 0.6 is 11.6 Å². The molecule has 3 heterocycles. The molecule has 2 aliphatic heterocycles. The van der Waals surface area contributed by atoms with Gasteiger partial charge in [-0.2, -0.15) is 13.2 Å². The molecule has 5 rings (SSSR count). The normalized spacial score (nSPS) is 17.7. The lowest BCUT2D eigenvalue weighted by Gasteiger charge is -2.39. The van der Waals surface area contributed by atoms with Crippen molar-refractivity contribution in [2.45, 2.75) is 37.1 Å². The Morgan fingerprint density at radius 3 is 2.66 bits per heavy atom. The van der Waals surface area contributed by atoms with Crippen LogP contribution < -0.4 is 20.7 Å². The first-order chi connectivity index (χ1) is 18.0. The predicted octanol–water partition coefficient (Wildman–Crippen LogP) is 3.19. The van der Waals surface area contributed by atoms with Gasteiger partial charge in [-0.3, -0.25) is 14.7 Å². The number of esters is 1. The Bertz CT molecular complexity index is 1480. The third kappa shape index (κ3) is 5.51. The van der Waals surface area contributed by atoms with Crippen molar-refractivity contribution in [3.8, 4) is 11.5 Å². The summed E-state index contributed by atoms with van der Waals surface area (Å²) in [6, 6.07) is 9.87. The maximum Gasteiger partial charge on any atom is 0.490 e. The molecule has 9 nitrogen and oxygen atoms in total. The first-order valence-corrected chi connectivity index (χ1v) is 12.2. The molecule has 3 aromatic rings. The summed E-state index contributed by atoms with van der Waals surface area (Å²) in [4.78, 5) is 41.9. The number of aromatic nitrogens is 2. The van der Waals surface area contributed by atoms with Crippen LogP contribution in [0.2, 0.25) is 5.02 Å². The Labute approximate surface area is 218 Å². The van der Waals surface area contributed by atoms with Crippen LogP contribution in [0, 0.1) is 0 Å². The molecule has 1 saturated heterocycles. The van der Waals surface area contributed by atoms with Crippen molar-refractivity contribution in [3.05, 3.63) is 67.8 Å². The van der Waals surface area contributed by atoms with E-state index in [2.05, 4.69) is 9.97 Å². The number of nitrogens with one attached hydrogen (secondary N) is 2. The zero-order chi connectivity index (χ0) is 27.1. The zero-order valence-electron chi connectivity index (χ0n) is 19.9. The van der Waals surface area contributed by atoms with Crippen molar-refractivity contribution in [2.75, 3.05) is 26.2 Å². The van der Waals surface area contributed by atoms with E-state index in [1.165, 1.54) is 18.2 Å². The number of hydrogen-bond donors (Lipinski definition) is 2. The second kappa shape index (κ2) is 9.99. The highest BCUT2D eigenvalue weighted by atomic mass is 35.5. The largest absolute Gasteiger partial charge is 0.490 e. The SMILES string of the molecule is O=C(O[C@@H](COc1cccc2c(=O)[nH]c(=O)[nH]c12)CN1CCC2(CC1)Cc1cc(Cl)ccc1O2)C(F)(F)F. The van der Waals surface area contributed by atoms with Crippen molar-refractivity contribution < 1.29 is 32.2 Å². The molecule has 1 atom stereocenters. The lowest BCUT2D eigenvalue weighted by Crippen LogP contribution is -2.50. The number of alkyl halides is 3. The van der Waals surface area contributed by atoms with Gasteiger partial charge < -0.3 is 19.2 Å². The highest BCUT2D eigenvalue weighted by molar-refractivity contribution is 6.30. The second-order valence-electron chi connectivity index (χ2n) is 9.44. The molecular formula is C25H23ClF3N3O6. The van der Waals surface area contributed by atoms with Gasteiger partial charge >= 0.3 is 17.8 Å². The van der Waals surface area contributed by atoms with Crippen molar-refractivity contribution in [2.24, 2.45) is 0 Å². The van der Waals surface area contributed by atoms with E-state index in [9.17, 15) is 27.6 Å². The number of carbonyl (C=O) groups is 1. The molecule has 0 saturated carbocycles. The van der Waals surface area contributed by atoms with E-state index in [0.29, 0.717) is 37.4 Å². The summed E-state index contributed by atoms with van der Waals surface area (Å²) in [6.07, 6.45) is -4.53. The minimum Gasteiger partial charge on any atom is -0.487 e. The minimum absolute atomic E-state index is 0.0153. The van der Waals surface area contributed by atoms with Crippen LogP contribution in [0.4, 0.5) is 13.2 Å². The number of likely N-dealkylation sites (tertiary alicyclic amines) is 1. The number of benzene rings is 2. The number of piperidine rings is 1. The Kier molecular flexibility index (Phi) is 6.86. The summed E-state index contributed by atoms with van der Waals surface area (Å²) >= 11 is 6.09. The number of fused-ring (bicyclic) bond motifs is 2. The third-order valence-corrected chi connectivity index (χ3v) is 6.99. The van der Waals surface area contributed by atoms with Crippen LogP contribution in [0.1, 0.15) is 18.4 Å². The summed E-state index contributed by atoms with van der Waals surface area (Å²) in [5.41, 5.74) is -0.724. The highest BCUT2D eigenvalue weighted by Gasteiger charge is 2.44. The molecule has 0 unspecified atom stereocenters. The van der Waals surface area contributed by atoms with Gasteiger partial charge in [-0.15, -0.1) is 0 Å². The summed E-state index contributed by atoms with van der Waals surface area (Å²) in [5, 5.41) is 0.752. The number of hydrogen-bond acceptors (Lipinski definition) is 7. The van der Waals surface area contributed by atoms with Crippen LogP contribution in [0.3, 0.4) is 0 Å². The van der Waals surface area contributed by atoms with Crippen LogP contribution in [0.25, 0.3) is 10.9 Å². The number of carbonyl (C=O) groups excluding carboxylic acids is 1. The van der Waals surface area contributed by atoms with Crippen LogP contribution in [-0.4, -0.2) is 65.0 Å². The van der Waals surface area contributed by atoms with E-state index in [0.717, 1.165) is 11.3 Å². The molecule has 2 N–H and O–H groups in total. The molecular weight excluding hydrogens is 531 g/mol. The average Bonchev–Trinajstić information content (AvgIpc) is 3.20. The molecule has 2 aromatic carbocycles. The lowest BCUT2D eigenvalue weighted by atomic mass is 9.87. The summed E-state index contributed by atoms with van der Waals surface area (Å²) in [6.45, 7) is 0.550. The van der Waals surface area contributed by atoms with Crippen molar-refractivity contribution in [1.29, 1.82) is 0 Å². The smallest absolute Gasteiger partial charge is 0.487 e. The molecule has 38 heavy (non-hydrogen) atoms.